The Labute approximate surface area is 126 Å². The predicted molar refractivity (Wildman–Crippen MR) is 77.7 cm³/mol. The zero-order valence-corrected chi connectivity index (χ0v) is 11.9. The zero-order chi connectivity index (χ0) is 16.2. The van der Waals surface area contributed by atoms with E-state index in [1.807, 2.05) is 0 Å². The molecule has 0 spiro atoms. The van der Waals surface area contributed by atoms with Gasteiger partial charge in [-0.25, -0.2) is 0 Å². The highest BCUT2D eigenvalue weighted by atomic mass is 19.4. The minimum absolute atomic E-state index is 0.0346. The van der Waals surface area contributed by atoms with Gasteiger partial charge in [0.25, 0.3) is 0 Å². The van der Waals surface area contributed by atoms with Crippen LogP contribution in [0.3, 0.4) is 0 Å². The normalized spacial score (nSPS) is 11.3. The molecule has 0 fully saturated rings. The largest absolute Gasteiger partial charge is 0.496 e. The Balaban J connectivity index is 2.17. The first kappa shape index (κ1) is 16.2. The maximum absolute atomic E-state index is 12.9. The van der Waals surface area contributed by atoms with Crippen molar-refractivity contribution in [3.8, 4) is 5.75 Å². The number of anilines is 1. The van der Waals surface area contributed by atoms with Gasteiger partial charge in [0.15, 0.2) is 0 Å². The molecule has 2 rings (SSSR count). The van der Waals surface area contributed by atoms with Crippen molar-refractivity contribution in [2.45, 2.75) is 19.3 Å². The summed E-state index contributed by atoms with van der Waals surface area (Å²) in [6, 6.07) is 10.4. The van der Waals surface area contributed by atoms with Gasteiger partial charge in [0.2, 0.25) is 0 Å². The van der Waals surface area contributed by atoms with Crippen LogP contribution >= 0.6 is 0 Å². The smallest absolute Gasteiger partial charge is 0.416 e. The van der Waals surface area contributed by atoms with E-state index in [9.17, 15) is 18.3 Å². The number of aliphatic hydroxyl groups is 1. The number of nitrogens with one attached hydrogen (secondary N) is 1. The highest BCUT2D eigenvalue weighted by Gasteiger charge is 2.32. The van der Waals surface area contributed by atoms with Crippen LogP contribution < -0.4 is 10.1 Å². The summed E-state index contributed by atoms with van der Waals surface area (Å²) in [5.74, 6) is 0.531. The minimum Gasteiger partial charge on any atom is -0.496 e. The van der Waals surface area contributed by atoms with Crippen LogP contribution in [0.2, 0.25) is 0 Å². The van der Waals surface area contributed by atoms with Crippen molar-refractivity contribution in [1.29, 1.82) is 0 Å². The van der Waals surface area contributed by atoms with Gasteiger partial charge in [0.1, 0.15) is 5.75 Å². The second-order valence-electron chi connectivity index (χ2n) is 4.69. The molecule has 0 aromatic heterocycles. The lowest BCUT2D eigenvalue weighted by Gasteiger charge is -2.15. The maximum Gasteiger partial charge on any atom is 0.416 e. The monoisotopic (exact) mass is 311 g/mol. The molecule has 3 nitrogen and oxygen atoms in total. The van der Waals surface area contributed by atoms with Crippen LogP contribution in [-0.2, 0) is 19.3 Å². The molecule has 0 heterocycles. The Hall–Kier alpha value is -2.21. The summed E-state index contributed by atoms with van der Waals surface area (Å²) in [4.78, 5) is 0. The molecular formula is C16H16F3NO2. The Bertz CT molecular complexity index is 642. The van der Waals surface area contributed by atoms with Gasteiger partial charge in [-0.15, -0.1) is 0 Å². The molecule has 0 saturated carbocycles. The third kappa shape index (κ3) is 3.71. The molecule has 0 aliphatic rings. The number of halogens is 3. The topological polar surface area (TPSA) is 41.5 Å². The molecular weight excluding hydrogens is 295 g/mol. The van der Waals surface area contributed by atoms with Gasteiger partial charge in [-0.2, -0.15) is 13.2 Å². The van der Waals surface area contributed by atoms with E-state index in [0.29, 0.717) is 17.0 Å². The number of rotatable bonds is 5. The average molecular weight is 311 g/mol. The summed E-state index contributed by atoms with van der Waals surface area (Å²) in [6.07, 6.45) is -4.38. The summed E-state index contributed by atoms with van der Waals surface area (Å²) in [7, 11) is 1.49. The van der Waals surface area contributed by atoms with Crippen molar-refractivity contribution >= 4 is 5.69 Å². The van der Waals surface area contributed by atoms with E-state index in [0.717, 1.165) is 6.07 Å². The van der Waals surface area contributed by atoms with Gasteiger partial charge in [-0.1, -0.05) is 18.2 Å². The van der Waals surface area contributed by atoms with Crippen LogP contribution in [0.15, 0.2) is 42.5 Å². The Morgan fingerprint density at radius 1 is 1.09 bits per heavy atom. The third-order valence-corrected chi connectivity index (χ3v) is 3.26. The summed E-state index contributed by atoms with van der Waals surface area (Å²) in [6.45, 7) is -0.176. The summed E-state index contributed by atoms with van der Waals surface area (Å²) in [5.41, 5.74) is 0.688. The Kier molecular flexibility index (Phi) is 4.92. The number of methoxy groups -OCH3 is 1. The molecule has 0 bridgehead atoms. The van der Waals surface area contributed by atoms with E-state index in [1.165, 1.54) is 19.2 Å². The van der Waals surface area contributed by atoms with E-state index >= 15 is 0 Å². The fraction of sp³-hybridized carbons (Fsp3) is 0.250. The highest BCUT2D eigenvalue weighted by molar-refractivity contribution is 5.51. The fourth-order valence-corrected chi connectivity index (χ4v) is 2.16. The van der Waals surface area contributed by atoms with Gasteiger partial charge in [-0.3, -0.25) is 0 Å². The van der Waals surface area contributed by atoms with Crippen molar-refractivity contribution in [2.75, 3.05) is 12.4 Å². The van der Waals surface area contributed by atoms with Gasteiger partial charge >= 0.3 is 6.18 Å². The van der Waals surface area contributed by atoms with Crippen LogP contribution in [0.4, 0.5) is 18.9 Å². The van der Waals surface area contributed by atoms with E-state index in [4.69, 9.17) is 4.74 Å². The van der Waals surface area contributed by atoms with Crippen molar-refractivity contribution in [3.63, 3.8) is 0 Å². The molecule has 0 amide bonds. The zero-order valence-electron chi connectivity index (χ0n) is 11.9. The molecule has 2 aromatic carbocycles. The van der Waals surface area contributed by atoms with Crippen LogP contribution in [0.25, 0.3) is 0 Å². The first-order valence-corrected chi connectivity index (χ1v) is 6.62. The second-order valence-corrected chi connectivity index (χ2v) is 4.69. The lowest BCUT2D eigenvalue weighted by molar-refractivity contribution is -0.138. The third-order valence-electron chi connectivity index (χ3n) is 3.26. The average Bonchev–Trinajstić information content (AvgIpc) is 2.52. The van der Waals surface area contributed by atoms with E-state index in [2.05, 4.69) is 5.32 Å². The van der Waals surface area contributed by atoms with Gasteiger partial charge in [-0.05, 0) is 29.8 Å². The van der Waals surface area contributed by atoms with Crippen LogP contribution in [-0.4, -0.2) is 12.2 Å². The molecule has 0 unspecified atom stereocenters. The number of ether oxygens (including phenoxy) is 1. The lowest BCUT2D eigenvalue weighted by Crippen LogP contribution is -2.11. The van der Waals surface area contributed by atoms with Gasteiger partial charge in [0, 0.05) is 17.8 Å². The molecule has 118 valence electrons. The molecule has 2 aromatic rings. The number of hydrogen-bond acceptors (Lipinski definition) is 3. The minimum atomic E-state index is -4.38. The molecule has 0 radical (unpaired) electrons. The van der Waals surface area contributed by atoms with Crippen LogP contribution in [0.1, 0.15) is 16.7 Å². The number of alkyl halides is 3. The summed E-state index contributed by atoms with van der Waals surface area (Å²) >= 11 is 0. The van der Waals surface area contributed by atoms with Gasteiger partial charge in [0.05, 0.1) is 19.3 Å². The number of hydrogen-bond donors (Lipinski definition) is 2. The van der Waals surface area contributed by atoms with Crippen molar-refractivity contribution in [3.05, 3.63) is 59.2 Å². The predicted octanol–water partition coefficient (Wildman–Crippen LogP) is 3.82. The first-order chi connectivity index (χ1) is 10.5. The van der Waals surface area contributed by atoms with E-state index < -0.39 is 11.7 Å². The lowest BCUT2D eigenvalue weighted by atomic mass is 10.1. The molecule has 0 saturated heterocycles. The summed E-state index contributed by atoms with van der Waals surface area (Å²) in [5, 5.41) is 12.2. The quantitative estimate of drug-likeness (QED) is 0.882. The van der Waals surface area contributed by atoms with Crippen molar-refractivity contribution in [1.82, 2.24) is 0 Å². The number of benzene rings is 2. The molecule has 0 atom stereocenters. The molecule has 22 heavy (non-hydrogen) atoms. The molecule has 0 aliphatic heterocycles. The fourth-order valence-electron chi connectivity index (χ4n) is 2.16. The maximum atomic E-state index is 12.9. The first-order valence-electron chi connectivity index (χ1n) is 6.62. The molecule has 0 aliphatic carbocycles. The highest BCUT2D eigenvalue weighted by Crippen LogP contribution is 2.32. The SMILES string of the molecule is COc1ccc(NCc2ccccc2C(F)(F)F)cc1CO. The Morgan fingerprint density at radius 2 is 1.82 bits per heavy atom. The van der Waals surface area contributed by atoms with Crippen LogP contribution in [0.5, 0.6) is 5.75 Å². The van der Waals surface area contributed by atoms with Crippen molar-refractivity contribution in [2.24, 2.45) is 0 Å². The second kappa shape index (κ2) is 6.70. The van der Waals surface area contributed by atoms with Crippen LogP contribution in [0, 0.1) is 0 Å². The van der Waals surface area contributed by atoms with E-state index in [1.54, 1.807) is 24.3 Å². The molecule has 6 heteroatoms. The Morgan fingerprint density at radius 3 is 2.45 bits per heavy atom. The summed E-state index contributed by atoms with van der Waals surface area (Å²) < 4.78 is 43.8. The van der Waals surface area contributed by atoms with E-state index in [-0.39, 0.29) is 18.7 Å². The van der Waals surface area contributed by atoms with Gasteiger partial charge < -0.3 is 15.2 Å². The number of aliphatic hydroxyl groups excluding tert-OH is 1. The van der Waals surface area contributed by atoms with Crippen molar-refractivity contribution < 1.29 is 23.0 Å². The standard InChI is InChI=1S/C16H16F3NO2/c1-22-15-7-6-13(8-12(15)10-21)20-9-11-4-2-3-5-14(11)16(17,18)19/h2-8,20-21H,9-10H2,1H3. The molecule has 2 N–H and O–H groups in total.